The zero-order valence-electron chi connectivity index (χ0n) is 15.9. The molecule has 0 spiro atoms. The third kappa shape index (κ3) is 4.24. The molecule has 27 heavy (non-hydrogen) atoms. The molecule has 1 fully saturated rings. The predicted octanol–water partition coefficient (Wildman–Crippen LogP) is 2.56. The summed E-state index contributed by atoms with van der Waals surface area (Å²) in [7, 11) is 2.46. The Balaban J connectivity index is 1.74. The van der Waals surface area contributed by atoms with Crippen LogP contribution in [0.25, 0.3) is 0 Å². The Hall–Kier alpha value is -2.54. The molecule has 0 saturated carbocycles. The Morgan fingerprint density at radius 2 is 1.78 bits per heavy atom. The van der Waals surface area contributed by atoms with Crippen molar-refractivity contribution < 1.29 is 13.2 Å². The smallest absolute Gasteiger partial charge is 0.253 e. The average molecular weight is 388 g/mol. The molecule has 0 aromatic heterocycles. The van der Waals surface area contributed by atoms with Gasteiger partial charge in [-0.3, -0.25) is 9.10 Å². The lowest BCUT2D eigenvalue weighted by Crippen LogP contribution is -2.28. The van der Waals surface area contributed by atoms with Crippen LogP contribution in [0, 0.1) is 0 Å². The number of nitrogens with zero attached hydrogens (tertiary/aromatic N) is 3. The van der Waals surface area contributed by atoms with E-state index in [1.54, 1.807) is 36.2 Å². The van der Waals surface area contributed by atoms with Gasteiger partial charge in [0.05, 0.1) is 11.4 Å². The SMILES string of the molecule is CN(Cc1ccc(N(C)C)cc1)C(=O)c1cccc(N2CCCS2(=O)=O)c1. The fourth-order valence-corrected chi connectivity index (χ4v) is 4.75. The van der Waals surface area contributed by atoms with Gasteiger partial charge in [0.2, 0.25) is 10.0 Å². The van der Waals surface area contributed by atoms with Crippen LogP contribution in [-0.2, 0) is 16.6 Å². The van der Waals surface area contributed by atoms with Crippen LogP contribution in [0.5, 0.6) is 0 Å². The van der Waals surface area contributed by atoms with Crippen molar-refractivity contribution in [2.24, 2.45) is 0 Å². The molecular formula is C20H25N3O3S. The first-order chi connectivity index (χ1) is 12.8. The first kappa shape index (κ1) is 19.2. The predicted molar refractivity (Wildman–Crippen MR) is 109 cm³/mol. The maximum Gasteiger partial charge on any atom is 0.253 e. The molecule has 1 aliphatic rings. The highest BCUT2D eigenvalue weighted by Gasteiger charge is 2.28. The number of hydrogen-bond acceptors (Lipinski definition) is 4. The Labute approximate surface area is 161 Å². The summed E-state index contributed by atoms with van der Waals surface area (Å²) in [6, 6.07) is 14.9. The Morgan fingerprint density at radius 1 is 1.07 bits per heavy atom. The number of carbonyl (C=O) groups is 1. The molecular weight excluding hydrogens is 362 g/mol. The van der Waals surface area contributed by atoms with Crippen molar-refractivity contribution in [1.82, 2.24) is 4.90 Å². The first-order valence-electron chi connectivity index (χ1n) is 8.90. The Morgan fingerprint density at radius 3 is 2.37 bits per heavy atom. The lowest BCUT2D eigenvalue weighted by molar-refractivity contribution is 0.0785. The van der Waals surface area contributed by atoms with Gasteiger partial charge in [0.15, 0.2) is 0 Å². The largest absolute Gasteiger partial charge is 0.378 e. The summed E-state index contributed by atoms with van der Waals surface area (Å²) < 4.78 is 25.6. The molecule has 3 rings (SSSR count). The molecule has 144 valence electrons. The van der Waals surface area contributed by atoms with Crippen molar-refractivity contribution in [2.45, 2.75) is 13.0 Å². The van der Waals surface area contributed by atoms with E-state index in [4.69, 9.17) is 0 Å². The molecule has 0 aliphatic carbocycles. The zero-order chi connectivity index (χ0) is 19.6. The number of rotatable bonds is 5. The quantitative estimate of drug-likeness (QED) is 0.791. The van der Waals surface area contributed by atoms with E-state index in [1.165, 1.54) is 4.31 Å². The van der Waals surface area contributed by atoms with Gasteiger partial charge < -0.3 is 9.80 Å². The van der Waals surface area contributed by atoms with E-state index >= 15 is 0 Å². The van der Waals surface area contributed by atoms with Crippen LogP contribution >= 0.6 is 0 Å². The summed E-state index contributed by atoms with van der Waals surface area (Å²) >= 11 is 0. The molecule has 6 nitrogen and oxygen atoms in total. The summed E-state index contributed by atoms with van der Waals surface area (Å²) in [5, 5.41) is 0. The highest BCUT2D eigenvalue weighted by atomic mass is 32.2. The molecule has 0 N–H and O–H groups in total. The maximum atomic E-state index is 12.8. The third-order valence-electron chi connectivity index (χ3n) is 4.70. The highest BCUT2D eigenvalue weighted by Crippen LogP contribution is 2.25. The average Bonchev–Trinajstić information content (AvgIpc) is 3.00. The van der Waals surface area contributed by atoms with Gasteiger partial charge in [-0.1, -0.05) is 18.2 Å². The summed E-state index contributed by atoms with van der Waals surface area (Å²) in [6.45, 7) is 0.951. The van der Waals surface area contributed by atoms with Crippen LogP contribution in [0.2, 0.25) is 0 Å². The minimum Gasteiger partial charge on any atom is -0.378 e. The second-order valence-corrected chi connectivity index (χ2v) is 9.03. The molecule has 2 aromatic carbocycles. The van der Waals surface area contributed by atoms with Crippen molar-refractivity contribution in [1.29, 1.82) is 0 Å². The van der Waals surface area contributed by atoms with Crippen molar-refractivity contribution in [3.63, 3.8) is 0 Å². The number of hydrogen-bond donors (Lipinski definition) is 0. The normalized spacial score (nSPS) is 15.6. The standard InChI is InChI=1S/C20H25N3O3S/c1-21(2)18-10-8-16(9-11-18)15-22(3)20(24)17-6-4-7-19(14-17)23-12-5-13-27(23,25)26/h4,6-11,14H,5,12-13,15H2,1-3H3. The Bertz CT molecular complexity index is 924. The van der Waals surface area contributed by atoms with E-state index in [2.05, 4.69) is 0 Å². The van der Waals surface area contributed by atoms with Gasteiger partial charge in [-0.15, -0.1) is 0 Å². The molecule has 0 radical (unpaired) electrons. The summed E-state index contributed by atoms with van der Waals surface area (Å²) in [6.07, 6.45) is 0.614. The molecule has 1 aliphatic heterocycles. The second kappa shape index (κ2) is 7.60. The van der Waals surface area contributed by atoms with Gasteiger partial charge in [0.25, 0.3) is 5.91 Å². The topological polar surface area (TPSA) is 60.9 Å². The van der Waals surface area contributed by atoms with E-state index in [9.17, 15) is 13.2 Å². The van der Waals surface area contributed by atoms with Gasteiger partial charge in [0, 0.05) is 45.5 Å². The van der Waals surface area contributed by atoms with E-state index in [0.717, 1.165) is 11.3 Å². The molecule has 0 bridgehead atoms. The molecule has 1 saturated heterocycles. The molecule has 1 heterocycles. The lowest BCUT2D eigenvalue weighted by atomic mass is 10.1. The third-order valence-corrected chi connectivity index (χ3v) is 6.57. The van der Waals surface area contributed by atoms with E-state index in [0.29, 0.717) is 30.8 Å². The minimum absolute atomic E-state index is 0.134. The molecule has 2 aromatic rings. The fourth-order valence-electron chi connectivity index (χ4n) is 3.19. The van der Waals surface area contributed by atoms with Crippen LogP contribution in [0.3, 0.4) is 0 Å². The Kier molecular flexibility index (Phi) is 5.41. The molecule has 7 heteroatoms. The van der Waals surface area contributed by atoms with Gasteiger partial charge in [-0.2, -0.15) is 0 Å². The van der Waals surface area contributed by atoms with Crippen LogP contribution in [-0.4, -0.2) is 52.7 Å². The molecule has 1 amide bonds. The zero-order valence-corrected chi connectivity index (χ0v) is 16.7. The lowest BCUT2D eigenvalue weighted by Gasteiger charge is -2.21. The van der Waals surface area contributed by atoms with Crippen molar-refractivity contribution in [2.75, 3.05) is 42.6 Å². The van der Waals surface area contributed by atoms with Crippen LogP contribution in [0.1, 0.15) is 22.3 Å². The van der Waals surface area contributed by atoms with E-state index in [1.807, 2.05) is 43.3 Å². The summed E-state index contributed by atoms with van der Waals surface area (Å²) in [5.74, 6) is 0.0266. The van der Waals surface area contributed by atoms with Crippen molar-refractivity contribution >= 4 is 27.3 Å². The van der Waals surface area contributed by atoms with Gasteiger partial charge in [-0.05, 0) is 42.3 Å². The first-order valence-corrected chi connectivity index (χ1v) is 10.5. The highest BCUT2D eigenvalue weighted by molar-refractivity contribution is 7.93. The summed E-state index contributed by atoms with van der Waals surface area (Å²) in [5.41, 5.74) is 3.19. The fraction of sp³-hybridized carbons (Fsp3) is 0.350. The number of carbonyl (C=O) groups excluding carboxylic acids is 1. The second-order valence-electron chi connectivity index (χ2n) is 7.01. The van der Waals surface area contributed by atoms with Crippen molar-refractivity contribution in [3.8, 4) is 0 Å². The maximum absolute atomic E-state index is 12.8. The number of amides is 1. The van der Waals surface area contributed by atoms with Crippen LogP contribution in [0.4, 0.5) is 11.4 Å². The minimum atomic E-state index is -3.26. The monoisotopic (exact) mass is 387 g/mol. The van der Waals surface area contributed by atoms with Gasteiger partial charge >= 0.3 is 0 Å². The van der Waals surface area contributed by atoms with Gasteiger partial charge in [-0.25, -0.2) is 8.42 Å². The van der Waals surface area contributed by atoms with E-state index in [-0.39, 0.29) is 11.7 Å². The van der Waals surface area contributed by atoms with Gasteiger partial charge in [0.1, 0.15) is 0 Å². The number of sulfonamides is 1. The molecule has 0 atom stereocenters. The summed E-state index contributed by atoms with van der Waals surface area (Å²) in [4.78, 5) is 16.5. The van der Waals surface area contributed by atoms with Crippen LogP contribution in [0.15, 0.2) is 48.5 Å². The number of benzene rings is 2. The van der Waals surface area contributed by atoms with Crippen LogP contribution < -0.4 is 9.21 Å². The van der Waals surface area contributed by atoms with Crippen molar-refractivity contribution in [3.05, 3.63) is 59.7 Å². The number of anilines is 2. The van der Waals surface area contributed by atoms with E-state index < -0.39 is 10.0 Å². The molecule has 0 unspecified atom stereocenters.